The molecule has 142 valence electrons. The predicted octanol–water partition coefficient (Wildman–Crippen LogP) is 4.10. The van der Waals surface area contributed by atoms with Crippen LogP contribution in [0.1, 0.15) is 46.9 Å². The van der Waals surface area contributed by atoms with Gasteiger partial charge in [-0.1, -0.05) is 18.2 Å². The maximum atomic E-state index is 13.9. The Hall–Kier alpha value is -2.89. The van der Waals surface area contributed by atoms with Gasteiger partial charge < -0.3 is 15.0 Å². The Morgan fingerprint density at radius 3 is 2.59 bits per heavy atom. The largest absolute Gasteiger partial charge is 0.493 e. The van der Waals surface area contributed by atoms with Gasteiger partial charge in [-0.3, -0.25) is 9.59 Å². The summed E-state index contributed by atoms with van der Waals surface area (Å²) in [7, 11) is 1.31. The van der Waals surface area contributed by atoms with E-state index in [1.165, 1.54) is 25.3 Å². The van der Waals surface area contributed by atoms with Crippen LogP contribution in [-0.4, -0.2) is 36.4 Å². The number of para-hydroxylation sites is 2. The molecule has 2 aromatic carbocycles. The maximum Gasteiger partial charge on any atom is 0.259 e. The van der Waals surface area contributed by atoms with Crippen LogP contribution in [0.4, 0.5) is 10.1 Å². The summed E-state index contributed by atoms with van der Waals surface area (Å²) >= 11 is 0. The van der Waals surface area contributed by atoms with Crippen LogP contribution < -0.4 is 10.1 Å². The molecule has 0 bridgehead atoms. The molecule has 1 aliphatic heterocycles. The van der Waals surface area contributed by atoms with Gasteiger partial charge in [-0.15, -0.1) is 0 Å². The van der Waals surface area contributed by atoms with Crippen molar-refractivity contribution < 1.29 is 18.7 Å². The highest BCUT2D eigenvalue weighted by atomic mass is 19.1. The second-order valence-electron chi connectivity index (χ2n) is 6.66. The molecule has 0 aliphatic carbocycles. The topological polar surface area (TPSA) is 58.6 Å². The molecule has 1 heterocycles. The van der Waals surface area contributed by atoms with Crippen LogP contribution in [0.15, 0.2) is 42.5 Å². The Labute approximate surface area is 158 Å². The molecular formula is C21H23FN2O3. The van der Waals surface area contributed by atoms with E-state index in [9.17, 15) is 14.0 Å². The first-order valence-electron chi connectivity index (χ1n) is 9.06. The summed E-state index contributed by atoms with van der Waals surface area (Å²) in [5.41, 5.74) is 0.901. The molecule has 6 heteroatoms. The third-order valence-corrected chi connectivity index (χ3v) is 4.89. The molecule has 0 spiro atoms. The molecule has 5 nitrogen and oxygen atoms in total. The van der Waals surface area contributed by atoms with E-state index in [1.807, 2.05) is 11.8 Å². The molecule has 1 atom stereocenters. The fourth-order valence-electron chi connectivity index (χ4n) is 3.42. The Morgan fingerprint density at radius 1 is 1.11 bits per heavy atom. The minimum absolute atomic E-state index is 0.0751. The molecule has 1 aliphatic rings. The highest BCUT2D eigenvalue weighted by Crippen LogP contribution is 2.26. The molecule has 2 amide bonds. The number of nitrogens with one attached hydrogen (secondary N) is 1. The highest BCUT2D eigenvalue weighted by molar-refractivity contribution is 6.10. The lowest BCUT2D eigenvalue weighted by atomic mass is 10.0. The van der Waals surface area contributed by atoms with E-state index >= 15 is 0 Å². The molecule has 1 N–H and O–H groups in total. The van der Waals surface area contributed by atoms with Crippen molar-refractivity contribution in [1.29, 1.82) is 0 Å². The van der Waals surface area contributed by atoms with Crippen molar-refractivity contribution in [3.05, 3.63) is 59.4 Å². The molecule has 1 unspecified atom stereocenters. The molecular weight excluding hydrogens is 347 g/mol. The van der Waals surface area contributed by atoms with Crippen LogP contribution in [0.2, 0.25) is 0 Å². The lowest BCUT2D eigenvalue weighted by Crippen LogP contribution is -2.42. The lowest BCUT2D eigenvalue weighted by Gasteiger charge is -2.34. The van der Waals surface area contributed by atoms with Gasteiger partial charge in [0.15, 0.2) is 11.6 Å². The first kappa shape index (κ1) is 18.9. The summed E-state index contributed by atoms with van der Waals surface area (Å²) in [4.78, 5) is 27.5. The van der Waals surface area contributed by atoms with Crippen molar-refractivity contribution >= 4 is 17.5 Å². The van der Waals surface area contributed by atoms with Crippen molar-refractivity contribution in [2.75, 3.05) is 19.0 Å². The monoisotopic (exact) mass is 370 g/mol. The minimum Gasteiger partial charge on any atom is -0.493 e. The zero-order valence-electron chi connectivity index (χ0n) is 15.5. The average molecular weight is 370 g/mol. The molecule has 0 aromatic heterocycles. The number of benzene rings is 2. The van der Waals surface area contributed by atoms with Crippen LogP contribution in [0.5, 0.6) is 5.75 Å². The van der Waals surface area contributed by atoms with Crippen LogP contribution in [-0.2, 0) is 0 Å². The number of hydrogen-bond donors (Lipinski definition) is 1. The van der Waals surface area contributed by atoms with Gasteiger partial charge >= 0.3 is 0 Å². The first-order chi connectivity index (χ1) is 13.0. The van der Waals surface area contributed by atoms with Gasteiger partial charge in [0.25, 0.3) is 11.8 Å². The second kappa shape index (κ2) is 8.20. The Morgan fingerprint density at radius 2 is 1.85 bits per heavy atom. The van der Waals surface area contributed by atoms with E-state index in [0.717, 1.165) is 19.3 Å². The van der Waals surface area contributed by atoms with Crippen molar-refractivity contribution in [2.45, 2.75) is 32.2 Å². The molecule has 1 fully saturated rings. The minimum atomic E-state index is -0.614. The summed E-state index contributed by atoms with van der Waals surface area (Å²) in [6.07, 6.45) is 3.06. The second-order valence-corrected chi connectivity index (χ2v) is 6.66. The van der Waals surface area contributed by atoms with E-state index in [-0.39, 0.29) is 23.3 Å². The van der Waals surface area contributed by atoms with Gasteiger partial charge in [0, 0.05) is 12.6 Å². The van der Waals surface area contributed by atoms with Gasteiger partial charge in [0.1, 0.15) is 0 Å². The lowest BCUT2D eigenvalue weighted by molar-refractivity contribution is 0.0636. The number of carbonyl (C=O) groups excluding carboxylic acids is 2. The standard InChI is InChI=1S/C21H23FN2O3/c1-14-8-5-6-13-24(14)21(26)15-9-3-4-12-18(15)23-20(25)16-10-7-11-17(22)19(16)27-2/h3-4,7,9-12,14H,5-6,8,13H2,1-2H3,(H,23,25). The summed E-state index contributed by atoms with van der Waals surface area (Å²) in [6.45, 7) is 2.75. The van der Waals surface area contributed by atoms with Crippen LogP contribution in [0.3, 0.4) is 0 Å². The molecule has 3 rings (SSSR count). The van der Waals surface area contributed by atoms with E-state index in [0.29, 0.717) is 17.8 Å². The summed E-state index contributed by atoms with van der Waals surface area (Å²) < 4.78 is 18.9. The first-order valence-corrected chi connectivity index (χ1v) is 9.06. The summed E-state index contributed by atoms with van der Waals surface area (Å²) in [6, 6.07) is 11.2. The molecule has 0 radical (unpaired) electrons. The number of anilines is 1. The van der Waals surface area contributed by atoms with E-state index in [4.69, 9.17) is 4.74 Å². The average Bonchev–Trinajstić information content (AvgIpc) is 2.68. The van der Waals surface area contributed by atoms with Crippen LogP contribution >= 0.6 is 0 Å². The van der Waals surface area contributed by atoms with Gasteiger partial charge in [-0.2, -0.15) is 0 Å². The summed E-state index contributed by atoms with van der Waals surface area (Å²) in [5.74, 6) is -1.37. The fraction of sp³-hybridized carbons (Fsp3) is 0.333. The van der Waals surface area contributed by atoms with Crippen LogP contribution in [0, 0.1) is 5.82 Å². The van der Waals surface area contributed by atoms with Crippen molar-refractivity contribution in [3.8, 4) is 5.75 Å². The number of amides is 2. The number of hydrogen-bond acceptors (Lipinski definition) is 3. The number of rotatable bonds is 4. The Kier molecular flexibility index (Phi) is 5.74. The number of methoxy groups -OCH3 is 1. The zero-order chi connectivity index (χ0) is 19.4. The number of piperidine rings is 1. The smallest absolute Gasteiger partial charge is 0.259 e. The predicted molar refractivity (Wildman–Crippen MR) is 102 cm³/mol. The van der Waals surface area contributed by atoms with Gasteiger partial charge in [-0.25, -0.2) is 4.39 Å². The van der Waals surface area contributed by atoms with Gasteiger partial charge in [0.2, 0.25) is 0 Å². The van der Waals surface area contributed by atoms with Gasteiger partial charge in [0.05, 0.1) is 23.9 Å². The van der Waals surface area contributed by atoms with Crippen molar-refractivity contribution in [1.82, 2.24) is 4.90 Å². The van der Waals surface area contributed by atoms with Crippen molar-refractivity contribution in [3.63, 3.8) is 0 Å². The number of ether oxygens (including phenoxy) is 1. The maximum absolute atomic E-state index is 13.9. The van der Waals surface area contributed by atoms with E-state index < -0.39 is 11.7 Å². The van der Waals surface area contributed by atoms with E-state index in [1.54, 1.807) is 24.3 Å². The molecule has 1 saturated heterocycles. The quantitative estimate of drug-likeness (QED) is 0.881. The van der Waals surface area contributed by atoms with Crippen molar-refractivity contribution in [2.24, 2.45) is 0 Å². The Bertz CT molecular complexity index is 853. The molecule has 0 saturated carbocycles. The number of carbonyl (C=O) groups is 2. The highest BCUT2D eigenvalue weighted by Gasteiger charge is 2.26. The van der Waals surface area contributed by atoms with E-state index in [2.05, 4.69) is 5.32 Å². The number of likely N-dealkylation sites (tertiary alicyclic amines) is 1. The molecule has 27 heavy (non-hydrogen) atoms. The summed E-state index contributed by atoms with van der Waals surface area (Å²) in [5, 5.41) is 2.73. The van der Waals surface area contributed by atoms with Gasteiger partial charge in [-0.05, 0) is 50.5 Å². The third kappa shape index (κ3) is 3.94. The zero-order valence-corrected chi connectivity index (χ0v) is 15.5. The fourth-order valence-corrected chi connectivity index (χ4v) is 3.42. The molecule has 2 aromatic rings. The third-order valence-electron chi connectivity index (χ3n) is 4.89. The number of nitrogens with zero attached hydrogens (tertiary/aromatic N) is 1. The SMILES string of the molecule is COc1c(F)cccc1C(=O)Nc1ccccc1C(=O)N1CCCCC1C. The Balaban J connectivity index is 1.87. The van der Waals surface area contributed by atoms with Crippen LogP contribution in [0.25, 0.3) is 0 Å². The normalized spacial score (nSPS) is 16.7. The number of halogens is 1.